The molecule has 0 bridgehead atoms. The molecular weight excluding hydrogens is 376 g/mol. The van der Waals surface area contributed by atoms with Crippen LogP contribution >= 0.6 is 0 Å². The molecule has 4 rings (SSSR count). The van der Waals surface area contributed by atoms with Crippen LogP contribution in [0.1, 0.15) is 16.7 Å². The second-order valence-electron chi connectivity index (χ2n) is 7.39. The fourth-order valence-corrected chi connectivity index (χ4v) is 5.20. The first-order valence-corrected chi connectivity index (χ1v) is 10.9. The Bertz CT molecular complexity index is 986. The van der Waals surface area contributed by atoms with Crippen LogP contribution in [0.4, 0.5) is 0 Å². The highest BCUT2D eigenvalue weighted by molar-refractivity contribution is 7.89. The van der Waals surface area contributed by atoms with Gasteiger partial charge in [0.25, 0.3) is 5.91 Å². The molecule has 1 fully saturated rings. The Morgan fingerprint density at radius 2 is 1.71 bits per heavy atom. The Morgan fingerprint density at radius 3 is 2.39 bits per heavy atom. The first-order valence-electron chi connectivity index (χ1n) is 9.47. The van der Waals surface area contributed by atoms with Gasteiger partial charge in [0.1, 0.15) is 5.75 Å². The molecule has 148 valence electrons. The molecule has 0 saturated carbocycles. The number of carbonyl (C=O) groups is 1. The number of rotatable bonds is 3. The molecule has 2 aliphatic heterocycles. The minimum absolute atomic E-state index is 0.0700. The van der Waals surface area contributed by atoms with Crippen LogP contribution in [0.25, 0.3) is 0 Å². The van der Waals surface area contributed by atoms with Gasteiger partial charge in [-0.05, 0) is 48.7 Å². The van der Waals surface area contributed by atoms with E-state index in [1.54, 1.807) is 17.0 Å². The monoisotopic (exact) mass is 400 g/mol. The lowest BCUT2D eigenvalue weighted by Crippen LogP contribution is -2.53. The highest BCUT2D eigenvalue weighted by Crippen LogP contribution is 2.29. The molecule has 28 heavy (non-hydrogen) atoms. The summed E-state index contributed by atoms with van der Waals surface area (Å²) in [6, 6.07) is 12.9. The number of hydrogen-bond donors (Lipinski definition) is 0. The van der Waals surface area contributed by atoms with Gasteiger partial charge in [-0.3, -0.25) is 4.79 Å². The number of sulfonamides is 1. The number of carbonyl (C=O) groups excluding carboxylic acids is 1. The van der Waals surface area contributed by atoms with Crippen molar-refractivity contribution in [2.75, 3.05) is 26.2 Å². The van der Waals surface area contributed by atoms with E-state index in [9.17, 15) is 13.2 Å². The number of fused-ring (bicyclic) bond motifs is 1. The molecule has 2 heterocycles. The van der Waals surface area contributed by atoms with Crippen molar-refractivity contribution in [3.8, 4) is 5.75 Å². The summed E-state index contributed by atoms with van der Waals surface area (Å²) < 4.78 is 33.1. The minimum atomic E-state index is -3.55. The summed E-state index contributed by atoms with van der Waals surface area (Å²) in [6.45, 7) is 5.20. The SMILES string of the molecule is Cc1ccc(S(=O)(=O)N2CCN(C(=O)[C@@H]3Cc4ccccc4O3)CC2)cc1C. The average Bonchev–Trinajstić information content (AvgIpc) is 3.13. The van der Waals surface area contributed by atoms with Gasteiger partial charge < -0.3 is 9.64 Å². The molecular formula is C21H24N2O4S. The molecule has 2 aliphatic rings. The van der Waals surface area contributed by atoms with Crippen molar-refractivity contribution in [2.45, 2.75) is 31.3 Å². The Kier molecular flexibility index (Phi) is 4.89. The molecule has 6 nitrogen and oxygen atoms in total. The number of aryl methyl sites for hydroxylation is 2. The summed E-state index contributed by atoms with van der Waals surface area (Å²) in [5.41, 5.74) is 3.05. The molecule has 1 atom stereocenters. The fraction of sp³-hybridized carbons (Fsp3) is 0.381. The second-order valence-corrected chi connectivity index (χ2v) is 9.33. The van der Waals surface area contributed by atoms with E-state index in [0.29, 0.717) is 37.5 Å². The van der Waals surface area contributed by atoms with Gasteiger partial charge in [0.05, 0.1) is 4.90 Å². The molecule has 2 aromatic rings. The second kappa shape index (κ2) is 7.22. The van der Waals surface area contributed by atoms with Crippen LogP contribution in [0.2, 0.25) is 0 Å². The first kappa shape index (κ1) is 19.0. The normalized spacial score (nSPS) is 19.9. The van der Waals surface area contributed by atoms with E-state index < -0.39 is 16.1 Å². The smallest absolute Gasteiger partial charge is 0.264 e. The molecule has 1 amide bonds. The number of nitrogens with zero attached hydrogens (tertiary/aromatic N) is 2. The molecule has 1 saturated heterocycles. The number of amides is 1. The van der Waals surface area contributed by atoms with Crippen LogP contribution in [0.15, 0.2) is 47.4 Å². The lowest BCUT2D eigenvalue weighted by atomic mass is 10.1. The number of ether oxygens (including phenoxy) is 1. The van der Waals surface area contributed by atoms with E-state index >= 15 is 0 Å². The van der Waals surface area contributed by atoms with Crippen LogP contribution in [0, 0.1) is 13.8 Å². The predicted molar refractivity (Wildman–Crippen MR) is 106 cm³/mol. The zero-order valence-corrected chi connectivity index (χ0v) is 16.9. The van der Waals surface area contributed by atoms with Gasteiger partial charge in [-0.2, -0.15) is 4.31 Å². The third-order valence-corrected chi connectivity index (χ3v) is 7.48. The van der Waals surface area contributed by atoms with E-state index in [2.05, 4.69) is 0 Å². The van der Waals surface area contributed by atoms with Crippen LogP contribution in [-0.4, -0.2) is 55.8 Å². The molecule has 0 spiro atoms. The zero-order chi connectivity index (χ0) is 19.9. The summed E-state index contributed by atoms with van der Waals surface area (Å²) in [7, 11) is -3.55. The highest BCUT2D eigenvalue weighted by atomic mass is 32.2. The van der Waals surface area contributed by atoms with Gasteiger partial charge in [-0.25, -0.2) is 8.42 Å². The van der Waals surface area contributed by atoms with Crippen molar-refractivity contribution >= 4 is 15.9 Å². The summed E-state index contributed by atoms with van der Waals surface area (Å²) in [5.74, 6) is 0.691. The van der Waals surface area contributed by atoms with Crippen molar-refractivity contribution in [2.24, 2.45) is 0 Å². The highest BCUT2D eigenvalue weighted by Gasteiger charge is 2.36. The Morgan fingerprint density at radius 1 is 1.00 bits per heavy atom. The predicted octanol–water partition coefficient (Wildman–Crippen LogP) is 2.14. The zero-order valence-electron chi connectivity index (χ0n) is 16.1. The summed E-state index contributed by atoms with van der Waals surface area (Å²) in [4.78, 5) is 14.8. The number of hydrogen-bond acceptors (Lipinski definition) is 4. The molecule has 0 unspecified atom stereocenters. The van der Waals surface area contributed by atoms with Crippen molar-refractivity contribution in [3.05, 3.63) is 59.2 Å². The van der Waals surface area contributed by atoms with Crippen LogP contribution < -0.4 is 4.74 Å². The lowest BCUT2D eigenvalue weighted by molar-refractivity contribution is -0.139. The maximum Gasteiger partial charge on any atom is 0.264 e. The standard InChI is InChI=1S/C21H24N2O4S/c1-15-7-8-18(13-16(15)2)28(25,26)23-11-9-22(10-12-23)21(24)20-14-17-5-3-4-6-19(17)27-20/h3-8,13,20H,9-12,14H2,1-2H3/t20-/m0/s1. The summed E-state index contributed by atoms with van der Waals surface area (Å²) >= 11 is 0. The summed E-state index contributed by atoms with van der Waals surface area (Å²) in [6.07, 6.45) is 0.0520. The van der Waals surface area contributed by atoms with Crippen molar-refractivity contribution in [1.82, 2.24) is 9.21 Å². The van der Waals surface area contributed by atoms with E-state index in [0.717, 1.165) is 22.4 Å². The van der Waals surface area contributed by atoms with Gasteiger partial charge in [0, 0.05) is 32.6 Å². The Labute approximate surface area is 165 Å². The van der Waals surface area contributed by atoms with E-state index in [-0.39, 0.29) is 5.91 Å². The first-order chi connectivity index (χ1) is 13.4. The van der Waals surface area contributed by atoms with Crippen LogP contribution in [0.5, 0.6) is 5.75 Å². The van der Waals surface area contributed by atoms with E-state index in [1.807, 2.05) is 44.2 Å². The third kappa shape index (κ3) is 3.40. The summed E-state index contributed by atoms with van der Waals surface area (Å²) in [5, 5.41) is 0. The van der Waals surface area contributed by atoms with Crippen molar-refractivity contribution in [1.29, 1.82) is 0 Å². The molecule has 7 heteroatoms. The number of benzene rings is 2. The molecule has 0 radical (unpaired) electrons. The maximum absolute atomic E-state index is 12.9. The van der Waals surface area contributed by atoms with Gasteiger partial charge in [0.15, 0.2) is 6.10 Å². The molecule has 0 aliphatic carbocycles. The minimum Gasteiger partial charge on any atom is -0.480 e. The van der Waals surface area contributed by atoms with Gasteiger partial charge >= 0.3 is 0 Å². The largest absolute Gasteiger partial charge is 0.480 e. The quantitative estimate of drug-likeness (QED) is 0.792. The maximum atomic E-state index is 12.9. The topological polar surface area (TPSA) is 66.9 Å². The molecule has 0 N–H and O–H groups in total. The van der Waals surface area contributed by atoms with Gasteiger partial charge in [0.2, 0.25) is 10.0 Å². The molecule has 2 aromatic carbocycles. The fourth-order valence-electron chi connectivity index (χ4n) is 3.70. The molecule has 0 aromatic heterocycles. The van der Waals surface area contributed by atoms with Crippen molar-refractivity contribution in [3.63, 3.8) is 0 Å². The van der Waals surface area contributed by atoms with E-state index in [4.69, 9.17) is 4.74 Å². The van der Waals surface area contributed by atoms with Gasteiger partial charge in [-0.1, -0.05) is 24.3 Å². The van der Waals surface area contributed by atoms with Crippen LogP contribution in [0.3, 0.4) is 0 Å². The van der Waals surface area contributed by atoms with Gasteiger partial charge in [-0.15, -0.1) is 0 Å². The van der Waals surface area contributed by atoms with Crippen molar-refractivity contribution < 1.29 is 17.9 Å². The van der Waals surface area contributed by atoms with E-state index in [1.165, 1.54) is 4.31 Å². The van der Waals surface area contributed by atoms with Crippen LogP contribution in [-0.2, 0) is 21.2 Å². The third-order valence-electron chi connectivity index (χ3n) is 5.59. The Balaban J connectivity index is 1.40. The lowest BCUT2D eigenvalue weighted by Gasteiger charge is -2.35. The number of piperazine rings is 1. The average molecular weight is 401 g/mol. The number of para-hydroxylation sites is 1. The Hall–Kier alpha value is -2.38.